The van der Waals surface area contributed by atoms with E-state index in [-0.39, 0.29) is 18.0 Å². The van der Waals surface area contributed by atoms with Crippen molar-refractivity contribution >= 4 is 17.6 Å². The Hall–Kier alpha value is -3.09. The standard InChI is InChI=1S/C18H20N4O3/c1-25-16-8-3-2-6-14(16)21-18(24)20-13-9-11-22(12-13)17(23)15-7-4-5-10-19-15/h2-8,10,13H,9,11-12H2,1H3,(H2,20,21,24)/t13-/m0/s1. The number of hydrogen-bond acceptors (Lipinski definition) is 4. The number of ether oxygens (including phenoxy) is 1. The third kappa shape index (κ3) is 4.06. The summed E-state index contributed by atoms with van der Waals surface area (Å²) in [7, 11) is 1.55. The van der Waals surface area contributed by atoms with Crippen molar-refractivity contribution in [2.24, 2.45) is 0 Å². The smallest absolute Gasteiger partial charge is 0.319 e. The van der Waals surface area contributed by atoms with Gasteiger partial charge in [-0.15, -0.1) is 0 Å². The number of anilines is 1. The lowest BCUT2D eigenvalue weighted by atomic mass is 10.2. The molecule has 7 nitrogen and oxygen atoms in total. The second-order valence-electron chi connectivity index (χ2n) is 5.75. The van der Waals surface area contributed by atoms with E-state index in [2.05, 4.69) is 15.6 Å². The number of carbonyl (C=O) groups excluding carboxylic acids is 2. The van der Waals surface area contributed by atoms with Gasteiger partial charge >= 0.3 is 6.03 Å². The fourth-order valence-electron chi connectivity index (χ4n) is 2.81. The number of nitrogens with zero attached hydrogens (tertiary/aromatic N) is 2. The summed E-state index contributed by atoms with van der Waals surface area (Å²) in [6.07, 6.45) is 2.30. The number of likely N-dealkylation sites (tertiary alicyclic amines) is 1. The second-order valence-corrected chi connectivity index (χ2v) is 5.75. The molecule has 2 aromatic rings. The first-order valence-electron chi connectivity index (χ1n) is 8.08. The lowest BCUT2D eigenvalue weighted by Crippen LogP contribution is -2.40. The summed E-state index contributed by atoms with van der Waals surface area (Å²) < 4.78 is 5.21. The Bertz CT molecular complexity index is 751. The van der Waals surface area contributed by atoms with Gasteiger partial charge in [-0.3, -0.25) is 9.78 Å². The topological polar surface area (TPSA) is 83.6 Å². The quantitative estimate of drug-likeness (QED) is 0.893. The van der Waals surface area contributed by atoms with Crippen molar-refractivity contribution in [3.8, 4) is 5.75 Å². The van der Waals surface area contributed by atoms with E-state index in [1.165, 1.54) is 0 Å². The number of carbonyl (C=O) groups is 2. The zero-order chi connectivity index (χ0) is 17.6. The molecule has 1 aliphatic rings. The maximum absolute atomic E-state index is 12.4. The molecule has 0 saturated carbocycles. The van der Waals surface area contributed by atoms with Gasteiger partial charge in [-0.2, -0.15) is 0 Å². The van der Waals surface area contributed by atoms with E-state index in [0.717, 1.165) is 0 Å². The molecule has 1 atom stereocenters. The van der Waals surface area contributed by atoms with Gasteiger partial charge in [0, 0.05) is 25.3 Å². The van der Waals surface area contributed by atoms with E-state index in [0.29, 0.717) is 36.6 Å². The molecule has 0 spiro atoms. The first kappa shape index (κ1) is 16.8. The Labute approximate surface area is 146 Å². The van der Waals surface area contributed by atoms with Crippen molar-refractivity contribution in [2.45, 2.75) is 12.5 Å². The summed E-state index contributed by atoms with van der Waals surface area (Å²) in [5.74, 6) is 0.478. The molecule has 2 heterocycles. The molecule has 1 aliphatic heterocycles. The highest BCUT2D eigenvalue weighted by Crippen LogP contribution is 2.23. The van der Waals surface area contributed by atoms with Gasteiger partial charge in [-0.05, 0) is 30.7 Å². The van der Waals surface area contributed by atoms with Gasteiger partial charge in [0.05, 0.1) is 12.8 Å². The van der Waals surface area contributed by atoms with E-state index in [4.69, 9.17) is 4.74 Å². The maximum Gasteiger partial charge on any atom is 0.319 e. The van der Waals surface area contributed by atoms with Gasteiger partial charge in [0.15, 0.2) is 0 Å². The molecule has 0 bridgehead atoms. The van der Waals surface area contributed by atoms with Gasteiger partial charge in [-0.25, -0.2) is 4.79 Å². The average Bonchev–Trinajstić information content (AvgIpc) is 3.10. The summed E-state index contributed by atoms with van der Waals surface area (Å²) in [5, 5.41) is 5.67. The van der Waals surface area contributed by atoms with Crippen LogP contribution in [0.1, 0.15) is 16.9 Å². The normalized spacial score (nSPS) is 16.4. The van der Waals surface area contributed by atoms with Gasteiger partial charge in [0.1, 0.15) is 11.4 Å². The van der Waals surface area contributed by atoms with E-state index in [9.17, 15) is 9.59 Å². The number of urea groups is 1. The average molecular weight is 340 g/mol. The molecule has 25 heavy (non-hydrogen) atoms. The fourth-order valence-corrected chi connectivity index (χ4v) is 2.81. The minimum atomic E-state index is -0.318. The SMILES string of the molecule is COc1ccccc1NC(=O)N[C@H]1CCN(C(=O)c2ccccn2)C1. The Morgan fingerprint density at radius 2 is 2.00 bits per heavy atom. The predicted octanol–water partition coefficient (Wildman–Crippen LogP) is 2.13. The Morgan fingerprint density at radius 3 is 2.76 bits per heavy atom. The maximum atomic E-state index is 12.4. The number of hydrogen-bond donors (Lipinski definition) is 2. The monoisotopic (exact) mass is 340 g/mol. The van der Waals surface area contributed by atoms with Gasteiger partial charge in [0.25, 0.3) is 5.91 Å². The lowest BCUT2D eigenvalue weighted by molar-refractivity contribution is 0.0783. The van der Waals surface area contributed by atoms with E-state index >= 15 is 0 Å². The first-order valence-corrected chi connectivity index (χ1v) is 8.08. The summed E-state index contributed by atoms with van der Waals surface area (Å²) in [5.41, 5.74) is 1.02. The van der Waals surface area contributed by atoms with Crippen molar-refractivity contribution < 1.29 is 14.3 Å². The molecule has 2 N–H and O–H groups in total. The number of pyridine rings is 1. The lowest BCUT2D eigenvalue weighted by Gasteiger charge is -2.17. The Kier molecular flexibility index (Phi) is 5.13. The van der Waals surface area contributed by atoms with Gasteiger partial charge < -0.3 is 20.3 Å². The molecule has 3 rings (SSSR count). The third-order valence-electron chi connectivity index (χ3n) is 4.05. The molecule has 130 valence electrons. The van der Waals surface area contributed by atoms with Crippen molar-refractivity contribution in [2.75, 3.05) is 25.5 Å². The van der Waals surface area contributed by atoms with Crippen LogP contribution in [-0.2, 0) is 0 Å². The molecular formula is C18H20N4O3. The summed E-state index contributed by atoms with van der Waals surface area (Å²) in [4.78, 5) is 30.3. The van der Waals surface area contributed by atoms with Crippen LogP contribution in [0.4, 0.5) is 10.5 Å². The molecule has 3 amide bonds. The molecular weight excluding hydrogens is 320 g/mol. The van der Waals surface area contributed by atoms with Crippen molar-refractivity contribution in [1.29, 1.82) is 0 Å². The molecule has 0 radical (unpaired) electrons. The highest BCUT2D eigenvalue weighted by Gasteiger charge is 2.28. The fraction of sp³-hybridized carbons (Fsp3) is 0.278. The predicted molar refractivity (Wildman–Crippen MR) is 93.7 cm³/mol. The number of para-hydroxylation sites is 2. The molecule has 7 heteroatoms. The van der Waals surface area contributed by atoms with Crippen LogP contribution in [0.2, 0.25) is 0 Å². The number of amides is 3. The number of nitrogens with one attached hydrogen (secondary N) is 2. The van der Waals surface area contributed by atoms with Crippen molar-refractivity contribution in [1.82, 2.24) is 15.2 Å². The largest absolute Gasteiger partial charge is 0.495 e. The minimum Gasteiger partial charge on any atom is -0.495 e. The van der Waals surface area contributed by atoms with Crippen LogP contribution < -0.4 is 15.4 Å². The van der Waals surface area contributed by atoms with Crippen LogP contribution >= 0.6 is 0 Å². The molecule has 1 aromatic carbocycles. The van der Waals surface area contributed by atoms with Crippen LogP contribution in [0.3, 0.4) is 0 Å². The molecule has 0 unspecified atom stereocenters. The minimum absolute atomic E-state index is 0.0950. The second kappa shape index (κ2) is 7.65. The highest BCUT2D eigenvalue weighted by atomic mass is 16.5. The summed E-state index contributed by atoms with van der Waals surface area (Å²) >= 11 is 0. The first-order chi connectivity index (χ1) is 12.2. The van der Waals surface area contributed by atoms with Crippen molar-refractivity contribution in [3.05, 3.63) is 54.4 Å². The van der Waals surface area contributed by atoms with E-state index in [1.54, 1.807) is 48.5 Å². The Balaban J connectivity index is 1.54. The summed E-state index contributed by atoms with van der Waals surface area (Å²) in [6, 6.07) is 12.0. The van der Waals surface area contributed by atoms with Crippen LogP contribution in [0, 0.1) is 0 Å². The summed E-state index contributed by atoms with van der Waals surface area (Å²) in [6.45, 7) is 1.06. The van der Waals surface area contributed by atoms with Crippen LogP contribution in [0.25, 0.3) is 0 Å². The van der Waals surface area contributed by atoms with Crippen molar-refractivity contribution in [3.63, 3.8) is 0 Å². The van der Waals surface area contributed by atoms with E-state index in [1.807, 2.05) is 12.1 Å². The number of rotatable bonds is 4. The van der Waals surface area contributed by atoms with Crippen LogP contribution in [-0.4, -0.2) is 48.1 Å². The number of methoxy groups -OCH3 is 1. The van der Waals surface area contributed by atoms with Crippen LogP contribution in [0.15, 0.2) is 48.7 Å². The number of benzene rings is 1. The highest BCUT2D eigenvalue weighted by molar-refractivity contribution is 5.93. The molecule has 1 saturated heterocycles. The zero-order valence-electron chi connectivity index (χ0n) is 13.9. The Morgan fingerprint density at radius 1 is 1.20 bits per heavy atom. The molecule has 0 aliphatic carbocycles. The number of aromatic nitrogens is 1. The van der Waals surface area contributed by atoms with Crippen LogP contribution in [0.5, 0.6) is 5.75 Å². The van der Waals surface area contributed by atoms with Gasteiger partial charge in [-0.1, -0.05) is 18.2 Å². The third-order valence-corrected chi connectivity index (χ3v) is 4.05. The van der Waals surface area contributed by atoms with E-state index < -0.39 is 0 Å². The molecule has 1 fully saturated rings. The zero-order valence-corrected chi connectivity index (χ0v) is 13.9. The van der Waals surface area contributed by atoms with Gasteiger partial charge in [0.2, 0.25) is 0 Å². The molecule has 1 aromatic heterocycles.